The van der Waals surface area contributed by atoms with Gasteiger partial charge in [-0.05, 0) is 40.9 Å². The first-order chi connectivity index (χ1) is 10.4. The first-order valence-electron chi connectivity index (χ1n) is 5.93. The molecule has 0 aliphatic carbocycles. The van der Waals surface area contributed by atoms with Crippen LogP contribution in [0.1, 0.15) is 29.7 Å². The van der Waals surface area contributed by atoms with E-state index in [1.807, 2.05) is 6.07 Å². The molecule has 0 bridgehead atoms. The molecule has 0 N–H and O–H groups in total. The van der Waals surface area contributed by atoms with E-state index in [0.717, 1.165) is 6.92 Å². The van der Waals surface area contributed by atoms with Crippen LogP contribution in [0.2, 0.25) is 0 Å². The topological polar surface area (TPSA) is 12.9 Å². The summed E-state index contributed by atoms with van der Waals surface area (Å²) in [5.41, 5.74) is -10.8. The fourth-order valence-electron chi connectivity index (χ4n) is 1.97. The van der Waals surface area contributed by atoms with Crippen molar-refractivity contribution < 1.29 is 43.9 Å². The number of pyridine rings is 1. The molecular weight excluding hydrogens is 428 g/mol. The van der Waals surface area contributed by atoms with Crippen LogP contribution in [0.5, 0.6) is 0 Å². The molecule has 0 aromatic carbocycles. The van der Waals surface area contributed by atoms with Crippen LogP contribution >= 0.6 is 15.9 Å². The molecule has 0 aliphatic heterocycles. The molecule has 0 spiro atoms. The molecule has 1 unspecified atom stereocenters. The van der Waals surface area contributed by atoms with E-state index in [2.05, 4.69) is 20.9 Å². The summed E-state index contributed by atoms with van der Waals surface area (Å²) in [4.78, 5) is 2.72. The summed E-state index contributed by atoms with van der Waals surface area (Å²) in [6.07, 6.45) is -18.4. The fourth-order valence-corrected chi connectivity index (χ4v) is 2.45. The lowest BCUT2D eigenvalue weighted by atomic mass is 9.86. The second-order valence-corrected chi connectivity index (χ2v) is 5.58. The Kier molecular flexibility index (Phi) is 5.27. The predicted molar refractivity (Wildman–Crippen MR) is 64.9 cm³/mol. The summed E-state index contributed by atoms with van der Waals surface area (Å²) >= 11 is 2.42. The number of hydrogen-bond donors (Lipinski definition) is 0. The van der Waals surface area contributed by atoms with Crippen LogP contribution in [0.4, 0.5) is 43.9 Å². The largest absolute Gasteiger partial charge is 0.437 e. The summed E-state index contributed by atoms with van der Waals surface area (Å²) in [7, 11) is 0. The maximum Gasteiger partial charge on any atom is 0.437 e. The molecule has 1 heterocycles. The van der Waals surface area contributed by atoms with Gasteiger partial charge in [0.15, 0.2) is 0 Å². The van der Waals surface area contributed by atoms with Crippen molar-refractivity contribution in [3.8, 4) is 0 Å². The van der Waals surface area contributed by atoms with Gasteiger partial charge in [-0.15, -0.1) is 0 Å². The molecule has 1 rings (SSSR count). The monoisotopic (exact) mass is 434 g/mol. The Labute approximate surface area is 137 Å². The minimum Gasteiger partial charge on any atom is -0.241 e. The fraction of sp³-hybridized carbons (Fsp3) is 0.583. The van der Waals surface area contributed by atoms with Crippen LogP contribution in [-0.4, -0.2) is 23.5 Å². The minimum atomic E-state index is -6.58. The van der Waals surface area contributed by atoms with Crippen molar-refractivity contribution in [1.82, 2.24) is 4.98 Å². The van der Waals surface area contributed by atoms with Crippen LogP contribution < -0.4 is 0 Å². The second-order valence-electron chi connectivity index (χ2n) is 4.83. The van der Waals surface area contributed by atoms with Crippen molar-refractivity contribution >= 4 is 15.9 Å². The van der Waals surface area contributed by atoms with Crippen molar-refractivity contribution in [2.45, 2.75) is 44.0 Å². The summed E-state index contributed by atoms with van der Waals surface area (Å²) in [5.74, 6) is -2.83. The maximum absolute atomic E-state index is 14.2. The molecule has 137 valence electrons. The Morgan fingerprint density at radius 3 is 1.67 bits per heavy atom. The van der Waals surface area contributed by atoms with E-state index in [1.165, 1.54) is 0 Å². The average Bonchev–Trinajstić information content (AvgIpc) is 2.32. The quantitative estimate of drug-likeness (QED) is 0.416. The van der Waals surface area contributed by atoms with Gasteiger partial charge in [-0.2, -0.15) is 39.5 Å². The smallest absolute Gasteiger partial charge is 0.241 e. The van der Waals surface area contributed by atoms with E-state index in [1.54, 1.807) is 0 Å². The normalized spacial score (nSPS) is 15.5. The van der Waals surface area contributed by atoms with Crippen molar-refractivity contribution in [1.29, 1.82) is 0 Å². The Morgan fingerprint density at radius 1 is 0.917 bits per heavy atom. The first-order valence-corrected chi connectivity index (χ1v) is 6.72. The van der Waals surface area contributed by atoms with Gasteiger partial charge in [0.1, 0.15) is 10.3 Å². The molecule has 0 aliphatic rings. The standard InChI is InChI=1S/C12H7BrF10N/c1-4-3-6(13)24-8(7(4)5(2)10(15,16)17)9(14,11(18,19)20)12(21,22)23/h5H,1-2H3. The van der Waals surface area contributed by atoms with E-state index in [9.17, 15) is 43.9 Å². The third-order valence-corrected chi connectivity index (χ3v) is 3.57. The van der Waals surface area contributed by atoms with E-state index < -0.39 is 51.5 Å². The van der Waals surface area contributed by atoms with Crippen molar-refractivity contribution in [3.63, 3.8) is 0 Å². The highest BCUT2D eigenvalue weighted by Crippen LogP contribution is 2.55. The van der Waals surface area contributed by atoms with Crippen molar-refractivity contribution in [2.24, 2.45) is 0 Å². The lowest BCUT2D eigenvalue weighted by Gasteiger charge is -2.33. The predicted octanol–water partition coefficient (Wildman–Crippen LogP) is 5.91. The summed E-state index contributed by atoms with van der Waals surface area (Å²) in [6, 6.07) is 2.01. The van der Waals surface area contributed by atoms with E-state index >= 15 is 0 Å². The molecule has 24 heavy (non-hydrogen) atoms. The number of halogens is 11. The molecule has 0 saturated carbocycles. The summed E-state index contributed by atoms with van der Waals surface area (Å²) < 4.78 is 129. The van der Waals surface area contributed by atoms with Crippen molar-refractivity contribution in [2.75, 3.05) is 0 Å². The number of rotatable bonds is 2. The summed E-state index contributed by atoms with van der Waals surface area (Å²) in [5, 5.41) is 0. The van der Waals surface area contributed by atoms with Gasteiger partial charge in [-0.25, -0.2) is 9.37 Å². The SMILES string of the molecule is Cc1[c]c(Br)nc(C(F)(C(F)(F)F)C(F)(F)F)c1C(C)C(F)(F)F. The Balaban J connectivity index is 3.93. The number of nitrogens with zero attached hydrogens (tertiary/aromatic N) is 1. The van der Waals surface area contributed by atoms with Crippen molar-refractivity contribution in [3.05, 3.63) is 27.5 Å². The van der Waals surface area contributed by atoms with E-state index in [0.29, 0.717) is 6.92 Å². The third kappa shape index (κ3) is 3.47. The average molecular weight is 435 g/mol. The Hall–Kier alpha value is -1.07. The highest BCUT2D eigenvalue weighted by molar-refractivity contribution is 9.10. The molecule has 12 heteroatoms. The van der Waals surface area contributed by atoms with Crippen LogP contribution in [0.3, 0.4) is 0 Å². The number of aromatic nitrogens is 1. The van der Waals surface area contributed by atoms with Gasteiger partial charge in [-0.3, -0.25) is 0 Å². The third-order valence-electron chi connectivity index (χ3n) is 3.19. The summed E-state index contributed by atoms with van der Waals surface area (Å²) in [6.45, 7) is 1.09. The molecule has 1 aromatic rings. The molecule has 0 amide bonds. The minimum absolute atomic E-state index is 0.308. The van der Waals surface area contributed by atoms with Gasteiger partial charge in [0.25, 0.3) is 0 Å². The molecule has 1 nitrogen and oxygen atoms in total. The number of alkyl halides is 10. The molecular formula is C12H7BrF10N. The number of hydrogen-bond acceptors (Lipinski definition) is 1. The molecule has 0 fully saturated rings. The van der Waals surface area contributed by atoms with Gasteiger partial charge in [0.05, 0.1) is 5.92 Å². The first kappa shape index (κ1) is 21.0. The van der Waals surface area contributed by atoms with Crippen LogP contribution in [0.15, 0.2) is 4.60 Å². The lowest BCUT2D eigenvalue weighted by molar-refractivity contribution is -0.350. The number of aryl methyl sites for hydroxylation is 1. The zero-order chi connectivity index (χ0) is 19.3. The lowest BCUT2D eigenvalue weighted by Crippen LogP contribution is -2.52. The van der Waals surface area contributed by atoms with E-state index in [-0.39, 0.29) is 0 Å². The zero-order valence-electron chi connectivity index (χ0n) is 11.7. The van der Waals surface area contributed by atoms with Gasteiger partial charge in [0.2, 0.25) is 0 Å². The van der Waals surface area contributed by atoms with Gasteiger partial charge in [0, 0.05) is 6.07 Å². The van der Waals surface area contributed by atoms with Gasteiger partial charge < -0.3 is 0 Å². The maximum atomic E-state index is 14.2. The zero-order valence-corrected chi connectivity index (χ0v) is 13.3. The molecule has 1 aromatic heterocycles. The van der Waals surface area contributed by atoms with Crippen LogP contribution in [0, 0.1) is 13.0 Å². The van der Waals surface area contributed by atoms with Gasteiger partial charge in [-0.1, -0.05) is 0 Å². The molecule has 1 atom stereocenters. The van der Waals surface area contributed by atoms with E-state index in [4.69, 9.17) is 0 Å². The van der Waals surface area contributed by atoms with Gasteiger partial charge >= 0.3 is 24.2 Å². The Bertz CT molecular complexity index is 602. The molecule has 0 saturated heterocycles. The highest BCUT2D eigenvalue weighted by Gasteiger charge is 2.75. The van der Waals surface area contributed by atoms with Crippen LogP contribution in [-0.2, 0) is 5.67 Å². The second kappa shape index (κ2) is 6.03. The Morgan fingerprint density at radius 2 is 1.33 bits per heavy atom. The molecule has 1 radical (unpaired) electrons. The highest BCUT2D eigenvalue weighted by atomic mass is 79.9. The van der Waals surface area contributed by atoms with Crippen LogP contribution in [0.25, 0.3) is 0 Å².